The lowest BCUT2D eigenvalue weighted by atomic mass is 10.1. The first-order valence-electron chi connectivity index (χ1n) is 6.42. The van der Waals surface area contributed by atoms with Gasteiger partial charge in [-0.3, -0.25) is 0 Å². The van der Waals surface area contributed by atoms with E-state index in [0.29, 0.717) is 0 Å². The molecule has 0 atom stereocenters. The Bertz CT molecular complexity index is 565. The Balaban J connectivity index is 2.16. The third kappa shape index (κ3) is 2.42. The molecule has 18 heavy (non-hydrogen) atoms. The highest BCUT2D eigenvalue weighted by atomic mass is 15.0. The normalized spacial score (nSPS) is 10.7. The monoisotopic (exact) mass is 242 g/mol. The average molecular weight is 242 g/mol. The molecule has 0 amide bonds. The number of rotatable bonds is 3. The van der Waals surface area contributed by atoms with Crippen LogP contribution in [0.15, 0.2) is 24.3 Å². The van der Waals surface area contributed by atoms with Gasteiger partial charge in [0.05, 0.1) is 0 Å². The maximum atomic E-state index is 3.54. The predicted octanol–water partition coefficient (Wildman–Crippen LogP) is 3.87. The summed E-state index contributed by atoms with van der Waals surface area (Å²) >= 11 is 0. The van der Waals surface area contributed by atoms with E-state index in [1.54, 1.807) is 0 Å². The number of aromatic nitrogens is 1. The van der Waals surface area contributed by atoms with Crippen molar-refractivity contribution in [3.63, 3.8) is 0 Å². The van der Waals surface area contributed by atoms with E-state index in [-0.39, 0.29) is 0 Å². The Kier molecular flexibility index (Phi) is 3.46. The molecule has 0 radical (unpaired) electrons. The SMILES string of the molecule is Cc1ccc(C)c(NCc2cc(C)n(C)c2C)c1. The number of hydrogen-bond acceptors (Lipinski definition) is 1. The van der Waals surface area contributed by atoms with E-state index in [2.05, 4.69) is 68.9 Å². The van der Waals surface area contributed by atoms with Crippen molar-refractivity contribution < 1.29 is 0 Å². The summed E-state index contributed by atoms with van der Waals surface area (Å²) in [5, 5.41) is 3.54. The number of benzene rings is 1. The molecule has 1 N–H and O–H groups in total. The van der Waals surface area contributed by atoms with Crippen molar-refractivity contribution in [2.75, 3.05) is 5.32 Å². The molecule has 0 fully saturated rings. The molecule has 2 nitrogen and oxygen atoms in total. The third-order valence-electron chi connectivity index (χ3n) is 3.74. The maximum Gasteiger partial charge on any atom is 0.0418 e. The van der Waals surface area contributed by atoms with E-state index in [1.807, 2.05) is 0 Å². The molecule has 0 aliphatic carbocycles. The van der Waals surface area contributed by atoms with Crippen LogP contribution in [0.2, 0.25) is 0 Å². The molecule has 2 heteroatoms. The molecule has 0 saturated heterocycles. The molecular weight excluding hydrogens is 220 g/mol. The summed E-state index contributed by atoms with van der Waals surface area (Å²) in [7, 11) is 2.12. The van der Waals surface area contributed by atoms with E-state index in [0.717, 1.165) is 6.54 Å². The molecule has 2 rings (SSSR count). The molecule has 0 spiro atoms. The van der Waals surface area contributed by atoms with Gasteiger partial charge in [-0.1, -0.05) is 12.1 Å². The lowest BCUT2D eigenvalue weighted by molar-refractivity contribution is 0.837. The van der Waals surface area contributed by atoms with Crippen LogP contribution in [0.25, 0.3) is 0 Å². The van der Waals surface area contributed by atoms with Gasteiger partial charge in [0.25, 0.3) is 0 Å². The lowest BCUT2D eigenvalue weighted by Gasteiger charge is -2.10. The standard InChI is InChI=1S/C16H22N2/c1-11-6-7-12(2)16(8-11)17-10-15-9-13(3)18(5)14(15)4/h6-9,17H,10H2,1-5H3. The highest BCUT2D eigenvalue weighted by Gasteiger charge is 2.06. The van der Waals surface area contributed by atoms with Gasteiger partial charge < -0.3 is 9.88 Å². The van der Waals surface area contributed by atoms with Crippen molar-refractivity contribution in [1.29, 1.82) is 0 Å². The van der Waals surface area contributed by atoms with Gasteiger partial charge in [0, 0.05) is 30.7 Å². The second-order valence-corrected chi connectivity index (χ2v) is 5.13. The number of nitrogens with one attached hydrogen (secondary N) is 1. The molecule has 0 aliphatic rings. The molecule has 1 aromatic carbocycles. The number of anilines is 1. The first-order valence-corrected chi connectivity index (χ1v) is 6.42. The van der Waals surface area contributed by atoms with E-state index < -0.39 is 0 Å². The van der Waals surface area contributed by atoms with Crippen LogP contribution in [0.3, 0.4) is 0 Å². The Morgan fingerprint density at radius 1 is 1.06 bits per heavy atom. The molecule has 0 aliphatic heterocycles. The van der Waals surface area contributed by atoms with Gasteiger partial charge in [-0.15, -0.1) is 0 Å². The van der Waals surface area contributed by atoms with Crippen molar-refractivity contribution in [1.82, 2.24) is 4.57 Å². The van der Waals surface area contributed by atoms with Crippen molar-refractivity contribution in [3.05, 3.63) is 52.3 Å². The summed E-state index contributed by atoms with van der Waals surface area (Å²) in [6.07, 6.45) is 0. The highest BCUT2D eigenvalue weighted by Crippen LogP contribution is 2.19. The first-order chi connectivity index (χ1) is 8.49. The smallest absolute Gasteiger partial charge is 0.0418 e. The lowest BCUT2D eigenvalue weighted by Crippen LogP contribution is -2.03. The Morgan fingerprint density at radius 2 is 1.78 bits per heavy atom. The second kappa shape index (κ2) is 4.89. The maximum absolute atomic E-state index is 3.54. The second-order valence-electron chi connectivity index (χ2n) is 5.13. The van der Waals surface area contributed by atoms with Gasteiger partial charge in [-0.05, 0) is 56.5 Å². The van der Waals surface area contributed by atoms with Gasteiger partial charge in [-0.25, -0.2) is 0 Å². The highest BCUT2D eigenvalue weighted by molar-refractivity contribution is 5.53. The van der Waals surface area contributed by atoms with Gasteiger partial charge >= 0.3 is 0 Å². The van der Waals surface area contributed by atoms with Crippen LogP contribution in [0.5, 0.6) is 0 Å². The molecule has 1 aromatic heterocycles. The van der Waals surface area contributed by atoms with Crippen molar-refractivity contribution in [2.24, 2.45) is 7.05 Å². The quantitative estimate of drug-likeness (QED) is 0.864. The Morgan fingerprint density at radius 3 is 2.39 bits per heavy atom. The third-order valence-corrected chi connectivity index (χ3v) is 3.74. The molecule has 0 saturated carbocycles. The summed E-state index contributed by atoms with van der Waals surface area (Å²) in [5.41, 5.74) is 7.84. The fourth-order valence-corrected chi connectivity index (χ4v) is 2.23. The number of nitrogens with zero attached hydrogens (tertiary/aromatic N) is 1. The van der Waals surface area contributed by atoms with Crippen LogP contribution in [0.4, 0.5) is 5.69 Å². The van der Waals surface area contributed by atoms with E-state index >= 15 is 0 Å². The summed E-state index contributed by atoms with van der Waals surface area (Å²) in [5.74, 6) is 0. The van der Waals surface area contributed by atoms with Gasteiger partial charge in [0.15, 0.2) is 0 Å². The topological polar surface area (TPSA) is 17.0 Å². The zero-order chi connectivity index (χ0) is 13.3. The zero-order valence-electron chi connectivity index (χ0n) is 12.0. The average Bonchev–Trinajstić information content (AvgIpc) is 2.58. The number of hydrogen-bond donors (Lipinski definition) is 1. The minimum absolute atomic E-state index is 0.887. The summed E-state index contributed by atoms with van der Waals surface area (Å²) in [6.45, 7) is 9.48. The summed E-state index contributed by atoms with van der Waals surface area (Å²) in [4.78, 5) is 0. The molecule has 0 unspecified atom stereocenters. The van der Waals surface area contributed by atoms with Crippen LogP contribution in [0.1, 0.15) is 28.1 Å². The van der Waals surface area contributed by atoms with Crippen LogP contribution < -0.4 is 5.32 Å². The van der Waals surface area contributed by atoms with Gasteiger partial charge in [-0.2, -0.15) is 0 Å². The Labute approximate surface area is 110 Å². The van der Waals surface area contributed by atoms with Crippen LogP contribution in [-0.4, -0.2) is 4.57 Å². The van der Waals surface area contributed by atoms with E-state index in [9.17, 15) is 0 Å². The largest absolute Gasteiger partial charge is 0.381 e. The van der Waals surface area contributed by atoms with Crippen LogP contribution in [0, 0.1) is 27.7 Å². The van der Waals surface area contributed by atoms with Crippen molar-refractivity contribution in [2.45, 2.75) is 34.2 Å². The van der Waals surface area contributed by atoms with E-state index in [1.165, 1.54) is 33.8 Å². The Hall–Kier alpha value is -1.70. The molecule has 1 heterocycles. The minimum atomic E-state index is 0.887. The van der Waals surface area contributed by atoms with Crippen LogP contribution in [-0.2, 0) is 13.6 Å². The van der Waals surface area contributed by atoms with Gasteiger partial charge in [0.1, 0.15) is 0 Å². The summed E-state index contributed by atoms with van der Waals surface area (Å²) < 4.78 is 2.24. The molecule has 2 aromatic rings. The van der Waals surface area contributed by atoms with Gasteiger partial charge in [0.2, 0.25) is 0 Å². The minimum Gasteiger partial charge on any atom is -0.381 e. The van der Waals surface area contributed by atoms with Crippen molar-refractivity contribution >= 4 is 5.69 Å². The fourth-order valence-electron chi connectivity index (χ4n) is 2.23. The van der Waals surface area contributed by atoms with Crippen LogP contribution >= 0.6 is 0 Å². The molecular formula is C16H22N2. The summed E-state index contributed by atoms with van der Waals surface area (Å²) in [6, 6.07) is 8.78. The predicted molar refractivity (Wildman–Crippen MR) is 78.1 cm³/mol. The molecule has 96 valence electrons. The van der Waals surface area contributed by atoms with E-state index in [4.69, 9.17) is 0 Å². The first kappa shape index (κ1) is 12.7. The van der Waals surface area contributed by atoms with Crippen molar-refractivity contribution in [3.8, 4) is 0 Å². The zero-order valence-corrected chi connectivity index (χ0v) is 12.0. The molecule has 0 bridgehead atoms. The number of aryl methyl sites for hydroxylation is 3. The fraction of sp³-hybridized carbons (Fsp3) is 0.375.